The quantitative estimate of drug-likeness (QED) is 0.796. The molecule has 0 amide bonds. The lowest BCUT2D eigenvalue weighted by molar-refractivity contribution is 0.602. The van der Waals surface area contributed by atoms with Gasteiger partial charge in [-0.05, 0) is 25.6 Å². The van der Waals surface area contributed by atoms with E-state index in [0.29, 0.717) is 24.0 Å². The van der Waals surface area contributed by atoms with Crippen LogP contribution in [0, 0.1) is 6.92 Å². The largest absolute Gasteiger partial charge is 0.328 e. The number of hydrogen-bond donors (Lipinski definition) is 2. The van der Waals surface area contributed by atoms with Gasteiger partial charge in [-0.1, -0.05) is 12.1 Å². The summed E-state index contributed by atoms with van der Waals surface area (Å²) in [7, 11) is 1.78. The zero-order chi connectivity index (χ0) is 12.4. The van der Waals surface area contributed by atoms with Crippen LogP contribution in [-0.4, -0.2) is 23.1 Å². The van der Waals surface area contributed by atoms with Crippen LogP contribution in [-0.2, 0) is 6.54 Å². The van der Waals surface area contributed by atoms with Gasteiger partial charge in [-0.15, -0.1) is 0 Å². The predicted octanol–water partition coefficient (Wildman–Crippen LogP) is 0.218. The molecule has 0 aliphatic heterocycles. The maximum absolute atomic E-state index is 12.2. The van der Waals surface area contributed by atoms with Crippen LogP contribution in [0.1, 0.15) is 5.56 Å². The molecule has 0 aliphatic rings. The van der Waals surface area contributed by atoms with Crippen molar-refractivity contribution >= 4 is 10.9 Å². The van der Waals surface area contributed by atoms with E-state index in [0.717, 1.165) is 5.56 Å². The van der Waals surface area contributed by atoms with E-state index in [1.54, 1.807) is 13.1 Å². The second-order valence-electron chi connectivity index (χ2n) is 3.99. The molecule has 0 saturated carbocycles. The van der Waals surface area contributed by atoms with Crippen molar-refractivity contribution in [3.8, 4) is 0 Å². The summed E-state index contributed by atoms with van der Waals surface area (Å²) in [6.07, 6.45) is 0. The van der Waals surface area contributed by atoms with E-state index < -0.39 is 0 Å². The number of rotatable bonds is 3. The van der Waals surface area contributed by atoms with Gasteiger partial charge in [-0.2, -0.15) is 0 Å². The Hall–Kier alpha value is -1.88. The van der Waals surface area contributed by atoms with E-state index in [1.807, 2.05) is 19.1 Å². The number of fused-ring (bicyclic) bond motifs is 1. The summed E-state index contributed by atoms with van der Waals surface area (Å²) in [5.74, 6) is 0. The third kappa shape index (κ3) is 2.01. The monoisotopic (exact) mass is 233 g/mol. The normalized spacial score (nSPS) is 10.9. The molecule has 5 nitrogen and oxygen atoms in total. The maximum Gasteiger partial charge on any atom is 0.328 e. The molecule has 90 valence electrons. The van der Waals surface area contributed by atoms with Crippen LogP contribution < -0.4 is 16.6 Å². The second kappa shape index (κ2) is 4.55. The van der Waals surface area contributed by atoms with Crippen LogP contribution in [0.5, 0.6) is 0 Å². The Kier molecular flexibility index (Phi) is 3.10. The van der Waals surface area contributed by atoms with Gasteiger partial charge in [0.1, 0.15) is 0 Å². The summed E-state index contributed by atoms with van der Waals surface area (Å²) in [5, 5.41) is 3.51. The highest BCUT2D eigenvalue weighted by Gasteiger charge is 2.08. The molecule has 2 rings (SSSR count). The van der Waals surface area contributed by atoms with Gasteiger partial charge < -0.3 is 10.3 Å². The summed E-state index contributed by atoms with van der Waals surface area (Å²) in [6.45, 7) is 2.82. The molecule has 17 heavy (non-hydrogen) atoms. The number of nitrogens with zero attached hydrogens (tertiary/aromatic N) is 1. The minimum absolute atomic E-state index is 0.225. The Bertz CT molecular complexity index is 655. The number of hydrogen-bond acceptors (Lipinski definition) is 3. The lowest BCUT2D eigenvalue weighted by Crippen LogP contribution is -2.37. The van der Waals surface area contributed by atoms with Gasteiger partial charge in [-0.3, -0.25) is 9.36 Å². The van der Waals surface area contributed by atoms with Crippen LogP contribution in [0.2, 0.25) is 0 Å². The lowest BCUT2D eigenvalue weighted by Gasteiger charge is -2.07. The molecule has 0 aliphatic carbocycles. The molecule has 0 saturated heterocycles. The average molecular weight is 233 g/mol. The molecule has 0 spiro atoms. The van der Waals surface area contributed by atoms with Crippen LogP contribution in [0.15, 0.2) is 27.8 Å². The Labute approximate surface area is 98.1 Å². The number of benzene rings is 1. The van der Waals surface area contributed by atoms with Crippen molar-refractivity contribution < 1.29 is 0 Å². The number of likely N-dealkylation sites (N-methyl/N-ethyl adjacent to an activating group) is 1. The van der Waals surface area contributed by atoms with Gasteiger partial charge >= 0.3 is 5.69 Å². The number of H-pyrrole nitrogens is 1. The van der Waals surface area contributed by atoms with Crippen molar-refractivity contribution in [1.82, 2.24) is 14.9 Å². The molecular formula is C12H15N3O2. The van der Waals surface area contributed by atoms with Gasteiger partial charge in [0.15, 0.2) is 0 Å². The van der Waals surface area contributed by atoms with E-state index in [1.165, 1.54) is 4.57 Å². The summed E-state index contributed by atoms with van der Waals surface area (Å²) >= 11 is 0. The number of aromatic nitrogens is 2. The van der Waals surface area contributed by atoms with Crippen molar-refractivity contribution in [3.63, 3.8) is 0 Å². The molecule has 1 aromatic carbocycles. The van der Waals surface area contributed by atoms with E-state index in [2.05, 4.69) is 10.3 Å². The highest BCUT2D eigenvalue weighted by atomic mass is 16.2. The minimum atomic E-state index is -0.358. The fourth-order valence-corrected chi connectivity index (χ4v) is 1.89. The third-order valence-electron chi connectivity index (χ3n) is 2.80. The minimum Gasteiger partial charge on any atom is -0.318 e. The molecule has 1 heterocycles. The predicted molar refractivity (Wildman–Crippen MR) is 67.5 cm³/mol. The van der Waals surface area contributed by atoms with Crippen LogP contribution in [0.4, 0.5) is 0 Å². The molecule has 0 fully saturated rings. The molecule has 2 aromatic rings. The van der Waals surface area contributed by atoms with E-state index in [9.17, 15) is 9.59 Å². The highest BCUT2D eigenvalue weighted by Crippen LogP contribution is 2.09. The summed E-state index contributed by atoms with van der Waals surface area (Å²) in [5.41, 5.74) is 0.892. The standard InChI is InChI=1S/C12H15N3O2/c1-8-4-3-5-9-10(8)11(16)15(7-6-13-2)12(17)14-9/h3-5,13H,6-7H2,1-2H3,(H,14,17). The Balaban J connectivity index is 2.74. The van der Waals surface area contributed by atoms with E-state index in [-0.39, 0.29) is 11.2 Å². The van der Waals surface area contributed by atoms with E-state index in [4.69, 9.17) is 0 Å². The molecule has 0 bridgehead atoms. The molecule has 2 N–H and O–H groups in total. The fraction of sp³-hybridized carbons (Fsp3) is 0.333. The van der Waals surface area contributed by atoms with Crippen molar-refractivity contribution in [2.24, 2.45) is 0 Å². The third-order valence-corrected chi connectivity index (χ3v) is 2.80. The van der Waals surface area contributed by atoms with Crippen LogP contribution in [0.3, 0.4) is 0 Å². The van der Waals surface area contributed by atoms with Gasteiger partial charge in [0.25, 0.3) is 5.56 Å². The average Bonchev–Trinajstić information content (AvgIpc) is 2.28. The summed E-state index contributed by atoms with van der Waals surface area (Å²) < 4.78 is 1.23. The van der Waals surface area contributed by atoms with E-state index >= 15 is 0 Å². The fourth-order valence-electron chi connectivity index (χ4n) is 1.89. The first kappa shape index (κ1) is 11.6. The van der Waals surface area contributed by atoms with Gasteiger partial charge in [0.05, 0.1) is 10.9 Å². The first-order valence-electron chi connectivity index (χ1n) is 5.52. The molecule has 0 unspecified atom stereocenters. The number of aryl methyl sites for hydroxylation is 1. The summed E-state index contributed by atoms with van der Waals surface area (Å²) in [6, 6.07) is 5.43. The zero-order valence-corrected chi connectivity index (χ0v) is 9.91. The first-order chi connectivity index (χ1) is 8.15. The molecule has 0 radical (unpaired) electrons. The second-order valence-corrected chi connectivity index (χ2v) is 3.99. The number of nitrogens with one attached hydrogen (secondary N) is 2. The molecule has 1 aromatic heterocycles. The van der Waals surface area contributed by atoms with Crippen molar-refractivity contribution in [1.29, 1.82) is 0 Å². The van der Waals surface area contributed by atoms with Crippen molar-refractivity contribution in [2.75, 3.05) is 13.6 Å². The van der Waals surface area contributed by atoms with Gasteiger partial charge in [-0.25, -0.2) is 4.79 Å². The van der Waals surface area contributed by atoms with Gasteiger partial charge in [0.2, 0.25) is 0 Å². The number of aromatic amines is 1. The van der Waals surface area contributed by atoms with Crippen molar-refractivity contribution in [3.05, 3.63) is 44.6 Å². The molecule has 0 atom stereocenters. The Morgan fingerprint density at radius 1 is 1.35 bits per heavy atom. The molecule has 5 heteroatoms. The first-order valence-corrected chi connectivity index (χ1v) is 5.52. The maximum atomic E-state index is 12.2. The van der Waals surface area contributed by atoms with Crippen LogP contribution in [0.25, 0.3) is 10.9 Å². The van der Waals surface area contributed by atoms with Gasteiger partial charge in [0, 0.05) is 13.1 Å². The Morgan fingerprint density at radius 3 is 2.82 bits per heavy atom. The Morgan fingerprint density at radius 2 is 2.12 bits per heavy atom. The lowest BCUT2D eigenvalue weighted by atomic mass is 10.1. The molecular weight excluding hydrogens is 218 g/mol. The summed E-state index contributed by atoms with van der Waals surface area (Å²) in [4.78, 5) is 26.7. The SMILES string of the molecule is CNCCn1c(=O)[nH]c2cccc(C)c2c1=O. The van der Waals surface area contributed by atoms with Crippen LogP contribution >= 0.6 is 0 Å². The van der Waals surface area contributed by atoms with Crippen molar-refractivity contribution in [2.45, 2.75) is 13.5 Å². The topological polar surface area (TPSA) is 66.9 Å². The zero-order valence-electron chi connectivity index (χ0n) is 9.91. The smallest absolute Gasteiger partial charge is 0.318 e. The highest BCUT2D eigenvalue weighted by molar-refractivity contribution is 5.80.